The Bertz CT molecular complexity index is 504. The zero-order chi connectivity index (χ0) is 14.3. The van der Waals surface area contributed by atoms with Gasteiger partial charge in [0.25, 0.3) is 0 Å². The molecule has 1 aliphatic rings. The van der Waals surface area contributed by atoms with Crippen molar-refractivity contribution in [2.75, 3.05) is 0 Å². The van der Waals surface area contributed by atoms with Crippen LogP contribution in [0.3, 0.4) is 0 Å². The summed E-state index contributed by atoms with van der Waals surface area (Å²) in [7, 11) is -0.511. The fourth-order valence-corrected chi connectivity index (χ4v) is 2.22. The fourth-order valence-electron chi connectivity index (χ4n) is 2.22. The van der Waals surface area contributed by atoms with E-state index in [4.69, 9.17) is 9.31 Å². The molecule has 1 aromatic carbocycles. The molecule has 5 heteroatoms. The highest BCUT2D eigenvalue weighted by Gasteiger charge is 2.53. The first-order chi connectivity index (χ1) is 8.77. The molecule has 1 saturated heterocycles. The van der Waals surface area contributed by atoms with Gasteiger partial charge in [-0.3, -0.25) is 0 Å². The first-order valence-electron chi connectivity index (χ1n) is 6.19. The van der Waals surface area contributed by atoms with E-state index < -0.39 is 30.0 Å². The smallest absolute Gasteiger partial charge is 0.400 e. The summed E-state index contributed by atoms with van der Waals surface area (Å²) in [5, 5.41) is 0. The van der Waals surface area contributed by atoms with Gasteiger partial charge in [0.05, 0.1) is 11.2 Å². The van der Waals surface area contributed by atoms with E-state index in [9.17, 15) is 8.78 Å². The lowest BCUT2D eigenvalue weighted by Gasteiger charge is -2.36. The summed E-state index contributed by atoms with van der Waals surface area (Å²) in [5.41, 5.74) is -0.887. The van der Waals surface area contributed by atoms with E-state index in [0.29, 0.717) is 12.0 Å². The molecular weight excluding hydrogens is 249 g/mol. The molecule has 2 nitrogen and oxygen atoms in total. The summed E-state index contributed by atoms with van der Waals surface area (Å²) in [6.07, 6.45) is 0.302. The zero-order valence-electron chi connectivity index (χ0n) is 11.4. The Kier molecular flexibility index (Phi) is 3.54. The van der Waals surface area contributed by atoms with Gasteiger partial charge >= 0.3 is 7.12 Å². The van der Waals surface area contributed by atoms with Crippen LogP contribution >= 0.6 is 0 Å². The molecule has 0 saturated carbocycles. The minimum Gasteiger partial charge on any atom is -0.400 e. The molecular formula is C14H17BF2O2. The lowest BCUT2D eigenvalue weighted by atomic mass is 9.82. The molecule has 1 heterocycles. The van der Waals surface area contributed by atoms with Gasteiger partial charge in [0.15, 0.2) is 0 Å². The molecule has 1 aromatic rings. The summed E-state index contributed by atoms with van der Waals surface area (Å²) in [4.78, 5) is 0. The Balaban J connectivity index is 2.28. The van der Waals surface area contributed by atoms with E-state index in [0.717, 1.165) is 6.07 Å². The number of rotatable bonds is 3. The Morgan fingerprint density at radius 3 is 2.47 bits per heavy atom. The number of hydrogen-bond acceptors (Lipinski definition) is 2. The average molecular weight is 266 g/mol. The van der Waals surface area contributed by atoms with Crippen LogP contribution in [0.15, 0.2) is 30.8 Å². The van der Waals surface area contributed by atoms with Gasteiger partial charge in [-0.25, -0.2) is 8.78 Å². The lowest BCUT2D eigenvalue weighted by molar-refractivity contribution is -0.00931. The highest BCUT2D eigenvalue weighted by molar-refractivity contribution is 6.51. The standard InChI is InChI=1S/C14H17BF2O2/c1-5-15-18-13(2,3)14(4,19-15)9-10-6-7-11(16)8-12(10)17/h5-8H,1,9H2,2-4H3. The molecule has 1 fully saturated rings. The third kappa shape index (κ3) is 2.58. The van der Waals surface area contributed by atoms with Crippen LogP contribution in [-0.2, 0) is 15.7 Å². The SMILES string of the molecule is C=CB1OC(C)(C)C(C)(Cc2ccc(F)cc2F)O1. The van der Waals surface area contributed by atoms with Crippen molar-refractivity contribution in [3.63, 3.8) is 0 Å². The second-order valence-corrected chi connectivity index (χ2v) is 5.49. The van der Waals surface area contributed by atoms with Crippen LogP contribution in [0.25, 0.3) is 0 Å². The second kappa shape index (κ2) is 4.73. The zero-order valence-corrected chi connectivity index (χ0v) is 11.4. The number of benzene rings is 1. The van der Waals surface area contributed by atoms with Crippen molar-refractivity contribution in [3.05, 3.63) is 48.0 Å². The van der Waals surface area contributed by atoms with Crippen LogP contribution in [0.4, 0.5) is 8.78 Å². The predicted octanol–water partition coefficient (Wildman–Crippen LogP) is 3.30. The summed E-state index contributed by atoms with van der Waals surface area (Å²) in [6, 6.07) is 3.57. The minimum absolute atomic E-state index is 0.302. The molecule has 0 N–H and O–H groups in total. The molecule has 19 heavy (non-hydrogen) atoms. The van der Waals surface area contributed by atoms with Crippen LogP contribution in [0.2, 0.25) is 0 Å². The summed E-state index contributed by atoms with van der Waals surface area (Å²) in [6.45, 7) is 9.27. The van der Waals surface area contributed by atoms with E-state index in [1.54, 1.807) is 5.98 Å². The maximum absolute atomic E-state index is 13.7. The van der Waals surface area contributed by atoms with Gasteiger partial charge in [-0.05, 0) is 32.4 Å². The van der Waals surface area contributed by atoms with Crippen molar-refractivity contribution in [2.45, 2.75) is 38.4 Å². The first kappa shape index (κ1) is 14.2. The number of halogens is 2. The monoisotopic (exact) mass is 266 g/mol. The fraction of sp³-hybridized carbons (Fsp3) is 0.429. The van der Waals surface area contributed by atoms with E-state index in [2.05, 4.69) is 6.58 Å². The van der Waals surface area contributed by atoms with Gasteiger partial charge in [-0.2, -0.15) is 0 Å². The summed E-state index contributed by atoms with van der Waals surface area (Å²) < 4.78 is 38.2. The second-order valence-electron chi connectivity index (χ2n) is 5.49. The molecule has 1 unspecified atom stereocenters. The average Bonchev–Trinajstić information content (AvgIpc) is 2.54. The van der Waals surface area contributed by atoms with Crippen molar-refractivity contribution in [3.8, 4) is 0 Å². The van der Waals surface area contributed by atoms with Gasteiger partial charge in [0.1, 0.15) is 11.6 Å². The molecule has 0 aliphatic carbocycles. The van der Waals surface area contributed by atoms with Gasteiger partial charge < -0.3 is 9.31 Å². The maximum Gasteiger partial charge on any atom is 0.486 e. The van der Waals surface area contributed by atoms with Crippen molar-refractivity contribution in [2.24, 2.45) is 0 Å². The maximum atomic E-state index is 13.7. The third-order valence-electron chi connectivity index (χ3n) is 3.80. The highest BCUT2D eigenvalue weighted by Crippen LogP contribution is 2.40. The van der Waals surface area contributed by atoms with Crippen LogP contribution in [-0.4, -0.2) is 18.3 Å². The molecule has 0 amide bonds. The molecule has 102 valence electrons. The Morgan fingerprint density at radius 1 is 1.26 bits per heavy atom. The molecule has 2 rings (SSSR count). The molecule has 0 aromatic heterocycles. The van der Waals surface area contributed by atoms with E-state index in [1.807, 2.05) is 20.8 Å². The Labute approximate surface area is 112 Å². The van der Waals surface area contributed by atoms with Crippen LogP contribution in [0, 0.1) is 11.6 Å². The van der Waals surface area contributed by atoms with Crippen molar-refractivity contribution < 1.29 is 18.1 Å². The minimum atomic E-state index is -0.704. The third-order valence-corrected chi connectivity index (χ3v) is 3.80. The van der Waals surface area contributed by atoms with Crippen molar-refractivity contribution in [1.82, 2.24) is 0 Å². The first-order valence-corrected chi connectivity index (χ1v) is 6.19. The number of hydrogen-bond donors (Lipinski definition) is 0. The van der Waals surface area contributed by atoms with Crippen molar-refractivity contribution >= 4 is 7.12 Å². The summed E-state index contributed by atoms with van der Waals surface area (Å²) >= 11 is 0. The highest BCUT2D eigenvalue weighted by atomic mass is 19.1. The molecule has 0 radical (unpaired) electrons. The Hall–Kier alpha value is -1.20. The summed E-state index contributed by atoms with van der Waals surface area (Å²) in [5.74, 6) is 0.412. The largest absolute Gasteiger partial charge is 0.486 e. The van der Waals surface area contributed by atoms with Crippen LogP contribution in [0.1, 0.15) is 26.3 Å². The van der Waals surface area contributed by atoms with Crippen LogP contribution < -0.4 is 0 Å². The molecule has 0 bridgehead atoms. The van der Waals surface area contributed by atoms with Crippen molar-refractivity contribution in [1.29, 1.82) is 0 Å². The quantitative estimate of drug-likeness (QED) is 0.781. The van der Waals surface area contributed by atoms with Gasteiger partial charge in [0, 0.05) is 12.5 Å². The van der Waals surface area contributed by atoms with Gasteiger partial charge in [0.2, 0.25) is 0 Å². The van der Waals surface area contributed by atoms with E-state index in [1.165, 1.54) is 12.1 Å². The van der Waals surface area contributed by atoms with Gasteiger partial charge in [-0.15, -0.1) is 6.58 Å². The Morgan fingerprint density at radius 2 is 1.95 bits per heavy atom. The molecule has 1 aliphatic heterocycles. The van der Waals surface area contributed by atoms with E-state index in [-0.39, 0.29) is 0 Å². The normalized spacial score (nSPS) is 25.6. The van der Waals surface area contributed by atoms with Gasteiger partial charge in [-0.1, -0.05) is 12.0 Å². The topological polar surface area (TPSA) is 18.5 Å². The lowest BCUT2D eigenvalue weighted by Crippen LogP contribution is -2.46. The van der Waals surface area contributed by atoms with Crippen LogP contribution in [0.5, 0.6) is 0 Å². The molecule has 1 atom stereocenters. The predicted molar refractivity (Wildman–Crippen MR) is 70.7 cm³/mol. The molecule has 0 spiro atoms. The van der Waals surface area contributed by atoms with E-state index >= 15 is 0 Å².